The molecule has 0 aromatic heterocycles. The molecule has 0 aliphatic heterocycles. The Kier molecular flexibility index (Phi) is 1.91. The second-order valence-corrected chi connectivity index (χ2v) is 3.99. The van der Waals surface area contributed by atoms with Crippen LogP contribution in [-0.2, 0) is 0 Å². The summed E-state index contributed by atoms with van der Waals surface area (Å²) in [6.07, 6.45) is 0. The summed E-state index contributed by atoms with van der Waals surface area (Å²) >= 11 is 0. The molecule has 0 fully saturated rings. The van der Waals surface area contributed by atoms with Crippen molar-refractivity contribution >= 4 is 7.28 Å². The van der Waals surface area contributed by atoms with Gasteiger partial charge in [0.05, 0.1) is 0 Å². The number of hydrogen-bond donors (Lipinski definition) is 0. The average Bonchev–Trinajstić information content (AvgIpc) is 2.63. The predicted octanol–water partition coefficient (Wildman–Crippen LogP) is 3.51. The predicted molar refractivity (Wildman–Crippen MR) is 65.3 cm³/mol. The lowest BCUT2D eigenvalue weighted by Crippen LogP contribution is -2.02. The van der Waals surface area contributed by atoms with Gasteiger partial charge in [0.25, 0.3) is 0 Å². The van der Waals surface area contributed by atoms with E-state index < -0.39 is 0 Å². The fraction of sp³-hybridized carbons (Fsp3) is 0.143. The lowest BCUT2D eigenvalue weighted by molar-refractivity contribution is 1.18. The van der Waals surface area contributed by atoms with Crippen LogP contribution in [0.25, 0.3) is 11.1 Å². The molecule has 1 aliphatic rings. The van der Waals surface area contributed by atoms with Crippen LogP contribution in [-0.4, -0.2) is 7.28 Å². The van der Waals surface area contributed by atoms with E-state index in [2.05, 4.69) is 62.6 Å². The first-order valence-electron chi connectivity index (χ1n) is 5.39. The van der Waals surface area contributed by atoms with Crippen molar-refractivity contribution in [3.8, 4) is 11.1 Å². The second-order valence-electron chi connectivity index (χ2n) is 3.99. The zero-order chi connectivity index (χ0) is 10.3. The molecule has 0 amide bonds. The molecule has 0 heterocycles. The lowest BCUT2D eigenvalue weighted by atomic mass is 9.62. The Balaban J connectivity index is 2.31. The quantitative estimate of drug-likeness (QED) is 0.605. The monoisotopic (exact) mass is 191 g/mol. The highest BCUT2D eigenvalue weighted by atomic mass is 14.2. The zero-order valence-corrected chi connectivity index (χ0v) is 8.77. The van der Waals surface area contributed by atoms with Crippen molar-refractivity contribution in [2.75, 3.05) is 0 Å². The molecule has 0 atom stereocenters. The van der Waals surface area contributed by atoms with Crippen LogP contribution in [0.15, 0.2) is 48.5 Å². The smallest absolute Gasteiger partial charge is 0.0910 e. The molecule has 0 N–H and O–H groups in total. The molecule has 71 valence electrons. The third-order valence-corrected chi connectivity index (χ3v) is 3.22. The highest BCUT2D eigenvalue weighted by molar-refractivity contribution is 6.38. The molecule has 0 nitrogen and oxygen atoms in total. The Morgan fingerprint density at radius 1 is 0.800 bits per heavy atom. The number of hydrogen-bond acceptors (Lipinski definition) is 0. The van der Waals surface area contributed by atoms with Crippen LogP contribution in [0, 0.1) is 0 Å². The molecule has 3 rings (SSSR count). The van der Waals surface area contributed by atoms with Gasteiger partial charge >= 0.3 is 0 Å². The molecule has 0 saturated carbocycles. The van der Waals surface area contributed by atoms with Crippen LogP contribution in [0.2, 0.25) is 6.82 Å². The molecule has 1 aliphatic carbocycles. The lowest BCUT2D eigenvalue weighted by Gasteiger charge is -2.08. The number of benzene rings is 2. The van der Waals surface area contributed by atoms with Crippen LogP contribution in [0.5, 0.6) is 0 Å². The van der Waals surface area contributed by atoms with E-state index in [1.54, 1.807) is 0 Å². The second kappa shape index (κ2) is 3.27. The summed E-state index contributed by atoms with van der Waals surface area (Å²) in [4.78, 5) is 0. The van der Waals surface area contributed by atoms with Gasteiger partial charge in [0.1, 0.15) is 7.28 Å². The maximum atomic E-state index is 2.28. The molecule has 1 radical (unpaired) electrons. The SMILES string of the molecule is C[B]C1c2ccccc2-c2ccccc21. The number of rotatable bonds is 1. The van der Waals surface area contributed by atoms with Gasteiger partial charge in [0.2, 0.25) is 0 Å². The van der Waals surface area contributed by atoms with E-state index in [9.17, 15) is 0 Å². The highest BCUT2D eigenvalue weighted by Gasteiger charge is 2.26. The Morgan fingerprint density at radius 2 is 1.27 bits per heavy atom. The fourth-order valence-electron chi connectivity index (χ4n) is 2.55. The van der Waals surface area contributed by atoms with Crippen molar-refractivity contribution < 1.29 is 0 Å². The van der Waals surface area contributed by atoms with Crippen molar-refractivity contribution in [3.63, 3.8) is 0 Å². The Bertz CT molecular complexity index is 457. The Morgan fingerprint density at radius 3 is 1.73 bits per heavy atom. The molecular weight excluding hydrogens is 179 g/mol. The van der Waals surface area contributed by atoms with Gasteiger partial charge in [-0.15, -0.1) is 0 Å². The third kappa shape index (κ3) is 1.16. The largest absolute Gasteiger partial charge is 0.122 e. The van der Waals surface area contributed by atoms with Crippen molar-refractivity contribution in [2.24, 2.45) is 0 Å². The third-order valence-electron chi connectivity index (χ3n) is 3.22. The van der Waals surface area contributed by atoms with Crippen LogP contribution < -0.4 is 0 Å². The van der Waals surface area contributed by atoms with E-state index in [-0.39, 0.29) is 0 Å². The van der Waals surface area contributed by atoms with Gasteiger partial charge in [0, 0.05) is 0 Å². The fourth-order valence-corrected chi connectivity index (χ4v) is 2.55. The molecule has 15 heavy (non-hydrogen) atoms. The van der Waals surface area contributed by atoms with Crippen molar-refractivity contribution in [1.29, 1.82) is 0 Å². The van der Waals surface area contributed by atoms with E-state index in [0.717, 1.165) is 0 Å². The molecular formula is C14H12B. The molecule has 2 aromatic carbocycles. The topological polar surface area (TPSA) is 0 Å². The van der Waals surface area contributed by atoms with Gasteiger partial charge in [-0.25, -0.2) is 0 Å². The van der Waals surface area contributed by atoms with Gasteiger partial charge in [-0.05, 0) is 28.1 Å². The van der Waals surface area contributed by atoms with Crippen molar-refractivity contribution in [2.45, 2.75) is 12.6 Å². The minimum atomic E-state index is 0.484. The maximum absolute atomic E-state index is 2.28. The maximum Gasteiger partial charge on any atom is 0.122 e. The van der Waals surface area contributed by atoms with Gasteiger partial charge in [-0.2, -0.15) is 0 Å². The highest BCUT2D eigenvalue weighted by Crippen LogP contribution is 2.43. The van der Waals surface area contributed by atoms with Gasteiger partial charge in [0.15, 0.2) is 0 Å². The van der Waals surface area contributed by atoms with E-state index in [4.69, 9.17) is 0 Å². The normalized spacial score (nSPS) is 13.4. The standard InChI is InChI=1S/C14H12B/c1-15-14-12-8-4-2-6-10(12)11-7-3-5-9-13(11)14/h2-9,14H,1H3. The van der Waals surface area contributed by atoms with E-state index >= 15 is 0 Å². The molecule has 0 bridgehead atoms. The summed E-state index contributed by atoms with van der Waals surface area (Å²) in [6.45, 7) is 2.14. The van der Waals surface area contributed by atoms with Crippen LogP contribution in [0.3, 0.4) is 0 Å². The zero-order valence-electron chi connectivity index (χ0n) is 8.77. The summed E-state index contributed by atoms with van der Waals surface area (Å²) in [5.41, 5.74) is 5.69. The van der Waals surface area contributed by atoms with E-state index in [1.165, 1.54) is 22.3 Å². The van der Waals surface area contributed by atoms with Crippen LogP contribution in [0.1, 0.15) is 16.9 Å². The first kappa shape index (κ1) is 8.78. The summed E-state index contributed by atoms with van der Waals surface area (Å²) in [7, 11) is 2.28. The molecule has 0 spiro atoms. The van der Waals surface area contributed by atoms with Gasteiger partial charge in [-0.3, -0.25) is 0 Å². The summed E-state index contributed by atoms with van der Waals surface area (Å²) in [6, 6.07) is 17.4. The Hall–Kier alpha value is -1.50. The minimum absolute atomic E-state index is 0.484. The molecule has 0 unspecified atom stereocenters. The van der Waals surface area contributed by atoms with Crippen molar-refractivity contribution in [1.82, 2.24) is 0 Å². The van der Waals surface area contributed by atoms with Crippen LogP contribution >= 0.6 is 0 Å². The first-order valence-corrected chi connectivity index (χ1v) is 5.39. The number of fused-ring (bicyclic) bond motifs is 3. The van der Waals surface area contributed by atoms with Gasteiger partial charge in [-0.1, -0.05) is 55.4 Å². The average molecular weight is 191 g/mol. The minimum Gasteiger partial charge on any atom is -0.0910 e. The van der Waals surface area contributed by atoms with E-state index in [1.807, 2.05) is 0 Å². The Labute approximate surface area is 91.2 Å². The van der Waals surface area contributed by atoms with E-state index in [0.29, 0.717) is 5.82 Å². The summed E-state index contributed by atoms with van der Waals surface area (Å²) < 4.78 is 0. The first-order chi connectivity index (χ1) is 7.42. The summed E-state index contributed by atoms with van der Waals surface area (Å²) in [5, 5.41) is 0. The summed E-state index contributed by atoms with van der Waals surface area (Å²) in [5.74, 6) is 0.484. The molecule has 0 saturated heterocycles. The van der Waals surface area contributed by atoms with Crippen LogP contribution in [0.4, 0.5) is 0 Å². The molecule has 1 heteroatoms. The van der Waals surface area contributed by atoms with Gasteiger partial charge < -0.3 is 0 Å². The molecule has 2 aromatic rings. The van der Waals surface area contributed by atoms with Crippen molar-refractivity contribution in [3.05, 3.63) is 59.7 Å².